The molecule has 1 saturated carbocycles. The molecule has 4 aliphatic rings. The summed E-state index contributed by atoms with van der Waals surface area (Å²) in [5.41, 5.74) is 21.3. The highest BCUT2D eigenvalue weighted by Crippen LogP contribution is 2.62. The molecule has 0 radical (unpaired) electrons. The van der Waals surface area contributed by atoms with E-state index in [-0.39, 0.29) is 28.5 Å². The van der Waals surface area contributed by atoms with Gasteiger partial charge in [0.25, 0.3) is 6.71 Å². The third-order valence-electron chi connectivity index (χ3n) is 16.5. The summed E-state index contributed by atoms with van der Waals surface area (Å²) in [6, 6.07) is 71.4. The highest BCUT2D eigenvalue weighted by atomic mass is 15.3. The van der Waals surface area contributed by atoms with Crippen molar-refractivity contribution < 1.29 is 0 Å². The van der Waals surface area contributed by atoms with Crippen LogP contribution in [-0.2, 0) is 16.2 Å². The van der Waals surface area contributed by atoms with Crippen molar-refractivity contribution in [2.45, 2.75) is 103 Å². The smallest absolute Gasteiger partial charge is 0.252 e. The molecule has 5 heteroatoms. The lowest BCUT2D eigenvalue weighted by Crippen LogP contribution is -2.61. The first-order valence-electron chi connectivity index (χ1n) is 25.3. The summed E-state index contributed by atoms with van der Waals surface area (Å²) in [5.74, 6) is 0. The molecule has 0 saturated heterocycles. The van der Waals surface area contributed by atoms with Crippen LogP contribution in [0.4, 0.5) is 62.6 Å². The molecule has 0 amide bonds. The number of hydrogen-bond acceptors (Lipinski definition) is 4. The second-order valence-corrected chi connectivity index (χ2v) is 22.6. The summed E-state index contributed by atoms with van der Waals surface area (Å²) in [7, 11) is 0. The summed E-state index contributed by atoms with van der Waals surface area (Å²) in [5, 5.41) is 0. The Balaban J connectivity index is 1.09. The second-order valence-electron chi connectivity index (χ2n) is 22.6. The molecule has 3 aliphatic heterocycles. The van der Waals surface area contributed by atoms with Gasteiger partial charge in [0.2, 0.25) is 0 Å². The van der Waals surface area contributed by atoms with Gasteiger partial charge in [-0.1, -0.05) is 158 Å². The first-order chi connectivity index (χ1) is 33.2. The Morgan fingerprint density at radius 2 is 0.884 bits per heavy atom. The van der Waals surface area contributed by atoms with Crippen LogP contribution in [0, 0.1) is 0 Å². The molecule has 2 unspecified atom stereocenters. The van der Waals surface area contributed by atoms with E-state index in [0.717, 1.165) is 12.8 Å². The van der Waals surface area contributed by atoms with E-state index in [2.05, 4.69) is 263 Å². The maximum Gasteiger partial charge on any atom is 0.252 e. The van der Waals surface area contributed by atoms with E-state index in [4.69, 9.17) is 0 Å². The highest BCUT2D eigenvalue weighted by Gasteiger charge is 2.58. The molecule has 12 rings (SSSR count). The Morgan fingerprint density at radius 1 is 0.435 bits per heavy atom. The van der Waals surface area contributed by atoms with Crippen LogP contribution in [0.3, 0.4) is 0 Å². The fourth-order valence-corrected chi connectivity index (χ4v) is 12.7. The van der Waals surface area contributed by atoms with Crippen LogP contribution >= 0.6 is 0 Å². The van der Waals surface area contributed by atoms with Gasteiger partial charge in [-0.15, -0.1) is 0 Å². The van der Waals surface area contributed by atoms with Gasteiger partial charge in [-0.25, -0.2) is 0 Å². The summed E-state index contributed by atoms with van der Waals surface area (Å²) >= 11 is 0. The summed E-state index contributed by atoms with van der Waals surface area (Å²) in [6.45, 7) is 19.0. The molecular formula is C64H63BN4. The van der Waals surface area contributed by atoms with Gasteiger partial charge in [0.15, 0.2) is 0 Å². The second kappa shape index (κ2) is 15.8. The molecule has 3 heterocycles. The minimum absolute atomic E-state index is 0.0634. The van der Waals surface area contributed by atoms with Crippen molar-refractivity contribution in [3.63, 3.8) is 0 Å². The van der Waals surface area contributed by atoms with Crippen molar-refractivity contribution in [1.29, 1.82) is 0 Å². The topological polar surface area (TPSA) is 13.0 Å². The first kappa shape index (κ1) is 43.3. The maximum absolute atomic E-state index is 2.78. The summed E-state index contributed by atoms with van der Waals surface area (Å²) in [6.07, 6.45) is 4.64. The molecule has 0 aromatic heterocycles. The third kappa shape index (κ3) is 6.71. The first-order valence-corrected chi connectivity index (χ1v) is 25.3. The average molecular weight is 899 g/mol. The van der Waals surface area contributed by atoms with Gasteiger partial charge in [-0.05, 0) is 155 Å². The maximum atomic E-state index is 2.78. The lowest BCUT2D eigenvalue weighted by atomic mass is 9.33. The van der Waals surface area contributed by atoms with Gasteiger partial charge in [0.1, 0.15) is 0 Å². The van der Waals surface area contributed by atoms with E-state index in [1.165, 1.54) is 108 Å². The molecule has 1 aliphatic carbocycles. The van der Waals surface area contributed by atoms with Crippen LogP contribution in [0.5, 0.6) is 0 Å². The number of hydrogen-bond donors (Lipinski definition) is 0. The standard InChI is InChI=1S/C64H63BN4/c1-61(2,3)44-29-33-48(34-30-44)66(49-35-31-45(32-36-49)62(4,5)6)50-37-38-55-52(41-50)63(7)39-19-20-40-64(63,8)69(55)51-42-58-60-59(43-51)68(47-23-13-10-14-24-47)57-28-18-16-26-54(57)65(60)53-25-15-17-27-56(53)67(58)46-21-11-9-12-22-46/h9-18,21-38,41-43H,19-20,39-40H2,1-8H3. The van der Waals surface area contributed by atoms with Crippen LogP contribution in [0.2, 0.25) is 0 Å². The number of nitrogens with zero attached hydrogens (tertiary/aromatic N) is 4. The largest absolute Gasteiger partial charge is 0.334 e. The quantitative estimate of drug-likeness (QED) is 0.154. The predicted octanol–water partition coefficient (Wildman–Crippen LogP) is 15.6. The Morgan fingerprint density at radius 3 is 1.38 bits per heavy atom. The van der Waals surface area contributed by atoms with Crippen LogP contribution < -0.4 is 36.0 Å². The lowest BCUT2D eigenvalue weighted by Gasteiger charge is -2.51. The van der Waals surface area contributed by atoms with Crippen LogP contribution in [-0.4, -0.2) is 12.3 Å². The molecule has 8 aromatic carbocycles. The summed E-state index contributed by atoms with van der Waals surface area (Å²) in [4.78, 5) is 10.4. The summed E-state index contributed by atoms with van der Waals surface area (Å²) < 4.78 is 0. The molecule has 8 aromatic rings. The van der Waals surface area contributed by atoms with Crippen LogP contribution in [0.15, 0.2) is 188 Å². The van der Waals surface area contributed by atoms with Gasteiger partial charge in [-0.3, -0.25) is 0 Å². The zero-order valence-corrected chi connectivity index (χ0v) is 41.6. The zero-order chi connectivity index (χ0) is 47.5. The fraction of sp³-hybridized carbons (Fsp3) is 0.250. The molecule has 69 heavy (non-hydrogen) atoms. The van der Waals surface area contributed by atoms with E-state index in [0.29, 0.717) is 0 Å². The van der Waals surface area contributed by atoms with E-state index >= 15 is 0 Å². The number of rotatable bonds is 6. The minimum atomic E-state index is -0.186. The Bertz CT molecular complexity index is 3070. The van der Waals surface area contributed by atoms with Crippen molar-refractivity contribution >= 4 is 85.7 Å². The fourth-order valence-electron chi connectivity index (χ4n) is 12.7. The zero-order valence-electron chi connectivity index (χ0n) is 41.6. The molecule has 0 bridgehead atoms. The van der Waals surface area contributed by atoms with Crippen molar-refractivity contribution in [2.75, 3.05) is 19.6 Å². The highest BCUT2D eigenvalue weighted by molar-refractivity contribution is 7.00. The van der Waals surface area contributed by atoms with Crippen LogP contribution in [0.25, 0.3) is 0 Å². The molecule has 2 atom stereocenters. The van der Waals surface area contributed by atoms with Crippen molar-refractivity contribution in [1.82, 2.24) is 0 Å². The molecule has 0 N–H and O–H groups in total. The normalized spacial score (nSPS) is 19.1. The van der Waals surface area contributed by atoms with Gasteiger partial charge in [-0.2, -0.15) is 0 Å². The van der Waals surface area contributed by atoms with E-state index in [9.17, 15) is 0 Å². The van der Waals surface area contributed by atoms with E-state index in [1.54, 1.807) is 0 Å². The monoisotopic (exact) mass is 899 g/mol. The van der Waals surface area contributed by atoms with Crippen molar-refractivity contribution in [2.24, 2.45) is 0 Å². The van der Waals surface area contributed by atoms with Gasteiger partial charge < -0.3 is 19.6 Å². The molecule has 4 nitrogen and oxygen atoms in total. The SMILES string of the molecule is CC(C)(C)c1ccc(N(c2ccc(C(C)(C)C)cc2)c2ccc3c(c2)C2(C)CCCCC2(C)N3c2cc3c4c(c2)N(c2ccccc2)c2ccccc2B4c2ccccc2N3c2ccccc2)cc1. The Kier molecular flexibility index (Phi) is 9.91. The van der Waals surface area contributed by atoms with Crippen molar-refractivity contribution in [3.05, 3.63) is 205 Å². The minimum Gasteiger partial charge on any atom is -0.334 e. The lowest BCUT2D eigenvalue weighted by molar-refractivity contribution is 0.195. The predicted molar refractivity (Wildman–Crippen MR) is 295 cm³/mol. The molecule has 342 valence electrons. The number of benzene rings is 8. The molecular weight excluding hydrogens is 836 g/mol. The number of anilines is 11. The van der Waals surface area contributed by atoms with Crippen molar-refractivity contribution in [3.8, 4) is 0 Å². The molecule has 0 spiro atoms. The van der Waals surface area contributed by atoms with Gasteiger partial charge in [0.05, 0.1) is 5.54 Å². The van der Waals surface area contributed by atoms with E-state index in [1.807, 2.05) is 0 Å². The average Bonchev–Trinajstić information content (AvgIpc) is 3.56. The Labute approximate surface area is 411 Å². The van der Waals surface area contributed by atoms with Gasteiger partial charge >= 0.3 is 0 Å². The van der Waals surface area contributed by atoms with Crippen LogP contribution in [0.1, 0.15) is 97.8 Å². The van der Waals surface area contributed by atoms with Gasteiger partial charge in [0, 0.05) is 68.0 Å². The third-order valence-corrected chi connectivity index (χ3v) is 16.5. The Hall–Kier alpha value is -6.98. The molecule has 1 fully saturated rings. The number of fused-ring (bicyclic) bond motifs is 7. The number of para-hydroxylation sites is 4. The van der Waals surface area contributed by atoms with E-state index < -0.39 is 0 Å².